The summed E-state index contributed by atoms with van der Waals surface area (Å²) in [6, 6.07) is 3.30. The van der Waals surface area contributed by atoms with Crippen molar-refractivity contribution in [2.45, 2.75) is 19.9 Å². The molecule has 0 fully saturated rings. The smallest absolute Gasteiger partial charge is 0.290 e. The molecule has 0 aromatic carbocycles. The predicted molar refractivity (Wildman–Crippen MR) is 69.4 cm³/mol. The highest BCUT2D eigenvalue weighted by molar-refractivity contribution is 9.10. The monoisotopic (exact) mass is 304 g/mol. The molecule has 0 atom stereocenters. The van der Waals surface area contributed by atoms with Crippen molar-refractivity contribution in [3.63, 3.8) is 0 Å². The van der Waals surface area contributed by atoms with Crippen LogP contribution in [-0.2, 0) is 0 Å². The van der Waals surface area contributed by atoms with Gasteiger partial charge in [0.15, 0.2) is 10.4 Å². The first-order valence-electron chi connectivity index (χ1n) is 4.76. The molecule has 0 aliphatic rings. The van der Waals surface area contributed by atoms with Gasteiger partial charge in [-0.2, -0.15) is 0 Å². The van der Waals surface area contributed by atoms with Crippen LogP contribution in [0.25, 0.3) is 0 Å². The molecule has 1 aromatic heterocycles. The van der Waals surface area contributed by atoms with E-state index in [0.717, 1.165) is 0 Å². The third-order valence-electron chi connectivity index (χ3n) is 1.99. The standard InChI is InChI=1S/C10H13BrN2O2S/c1-6(2)13(5-9(12)16)10(14)7-3-4-8(11)15-7/h3-4,6H,5H2,1-2H3,(H2,12,16). The fourth-order valence-corrected chi connectivity index (χ4v) is 1.67. The first-order chi connectivity index (χ1) is 7.41. The second-order valence-electron chi connectivity index (χ2n) is 3.60. The second-order valence-corrected chi connectivity index (χ2v) is 4.90. The van der Waals surface area contributed by atoms with Gasteiger partial charge in [0, 0.05) is 6.04 Å². The largest absolute Gasteiger partial charge is 0.444 e. The maximum Gasteiger partial charge on any atom is 0.290 e. The maximum absolute atomic E-state index is 12.0. The molecular weight excluding hydrogens is 292 g/mol. The number of nitrogens with two attached hydrogens (primary N) is 1. The normalized spacial score (nSPS) is 10.5. The molecule has 1 heterocycles. The fraction of sp³-hybridized carbons (Fsp3) is 0.400. The summed E-state index contributed by atoms with van der Waals surface area (Å²) in [5.41, 5.74) is 5.45. The quantitative estimate of drug-likeness (QED) is 0.866. The Morgan fingerprint density at radius 1 is 1.62 bits per heavy atom. The molecule has 4 nitrogen and oxygen atoms in total. The molecule has 88 valence electrons. The molecule has 0 aliphatic heterocycles. The molecule has 0 bridgehead atoms. The van der Waals surface area contributed by atoms with Crippen LogP contribution in [0.15, 0.2) is 21.2 Å². The van der Waals surface area contributed by atoms with Gasteiger partial charge in [0.1, 0.15) is 0 Å². The molecule has 1 amide bonds. The number of nitrogens with zero attached hydrogens (tertiary/aromatic N) is 1. The number of carbonyl (C=O) groups is 1. The van der Waals surface area contributed by atoms with E-state index >= 15 is 0 Å². The Labute approximate surface area is 108 Å². The number of carbonyl (C=O) groups excluding carboxylic acids is 1. The van der Waals surface area contributed by atoms with Crippen LogP contribution < -0.4 is 5.73 Å². The van der Waals surface area contributed by atoms with Crippen molar-refractivity contribution in [1.29, 1.82) is 0 Å². The molecule has 1 rings (SSSR count). The van der Waals surface area contributed by atoms with Crippen molar-refractivity contribution in [2.75, 3.05) is 6.54 Å². The lowest BCUT2D eigenvalue weighted by molar-refractivity contribution is 0.0702. The average Bonchev–Trinajstić information content (AvgIpc) is 2.59. The number of hydrogen-bond donors (Lipinski definition) is 1. The van der Waals surface area contributed by atoms with Crippen LogP contribution >= 0.6 is 28.1 Å². The highest BCUT2D eigenvalue weighted by atomic mass is 79.9. The number of furan rings is 1. The Bertz CT molecular complexity index is 403. The Morgan fingerprint density at radius 2 is 2.25 bits per heavy atom. The number of rotatable bonds is 4. The molecule has 0 saturated carbocycles. The van der Waals surface area contributed by atoms with Crippen LogP contribution in [0.2, 0.25) is 0 Å². The third-order valence-corrected chi connectivity index (χ3v) is 2.55. The minimum absolute atomic E-state index is 0.0119. The molecule has 0 saturated heterocycles. The number of thiocarbonyl (C=S) groups is 1. The molecule has 16 heavy (non-hydrogen) atoms. The van der Waals surface area contributed by atoms with E-state index in [1.807, 2.05) is 13.8 Å². The lowest BCUT2D eigenvalue weighted by atomic mass is 10.3. The SMILES string of the molecule is CC(C)N(CC(N)=S)C(=O)c1ccc(Br)o1. The Morgan fingerprint density at radius 3 is 2.62 bits per heavy atom. The Kier molecular flexibility index (Phi) is 4.49. The first kappa shape index (κ1) is 13.2. The van der Waals surface area contributed by atoms with E-state index in [1.54, 1.807) is 17.0 Å². The van der Waals surface area contributed by atoms with E-state index in [2.05, 4.69) is 15.9 Å². The zero-order valence-electron chi connectivity index (χ0n) is 9.07. The molecular formula is C10H13BrN2O2S. The van der Waals surface area contributed by atoms with Gasteiger partial charge in [-0.25, -0.2) is 0 Å². The maximum atomic E-state index is 12.0. The molecule has 0 spiro atoms. The number of halogens is 1. The predicted octanol–water partition coefficient (Wildman–Crippen LogP) is 2.18. The van der Waals surface area contributed by atoms with Crippen molar-refractivity contribution in [1.82, 2.24) is 4.90 Å². The van der Waals surface area contributed by atoms with E-state index < -0.39 is 0 Å². The molecule has 2 N–H and O–H groups in total. The van der Waals surface area contributed by atoms with E-state index in [9.17, 15) is 4.79 Å². The fourth-order valence-electron chi connectivity index (χ4n) is 1.23. The van der Waals surface area contributed by atoms with E-state index in [4.69, 9.17) is 22.4 Å². The first-order valence-corrected chi connectivity index (χ1v) is 5.96. The van der Waals surface area contributed by atoms with Gasteiger partial charge in [-0.3, -0.25) is 4.79 Å². The zero-order valence-corrected chi connectivity index (χ0v) is 11.5. The van der Waals surface area contributed by atoms with Crippen molar-refractivity contribution >= 4 is 39.0 Å². The summed E-state index contributed by atoms with van der Waals surface area (Å²) >= 11 is 7.96. The lowest BCUT2D eigenvalue weighted by Crippen LogP contribution is -2.42. The van der Waals surface area contributed by atoms with Crippen LogP contribution in [0.1, 0.15) is 24.4 Å². The summed E-state index contributed by atoms with van der Waals surface area (Å²) < 4.78 is 5.72. The van der Waals surface area contributed by atoms with Gasteiger partial charge < -0.3 is 15.1 Å². The highest BCUT2D eigenvalue weighted by Crippen LogP contribution is 2.16. The van der Waals surface area contributed by atoms with Crippen LogP contribution in [0, 0.1) is 0 Å². The van der Waals surface area contributed by atoms with Crippen LogP contribution in [0.3, 0.4) is 0 Å². The van der Waals surface area contributed by atoms with Crippen molar-refractivity contribution in [3.05, 3.63) is 22.6 Å². The minimum Gasteiger partial charge on any atom is -0.444 e. The second kappa shape index (κ2) is 5.45. The Hall–Kier alpha value is -0.880. The summed E-state index contributed by atoms with van der Waals surface area (Å²) in [5.74, 6) is 0.0605. The van der Waals surface area contributed by atoms with E-state index in [1.165, 1.54) is 0 Å². The van der Waals surface area contributed by atoms with Crippen molar-refractivity contribution < 1.29 is 9.21 Å². The molecule has 0 aliphatic carbocycles. The zero-order chi connectivity index (χ0) is 12.3. The van der Waals surface area contributed by atoms with Gasteiger partial charge >= 0.3 is 0 Å². The highest BCUT2D eigenvalue weighted by Gasteiger charge is 2.22. The molecule has 0 radical (unpaired) electrons. The van der Waals surface area contributed by atoms with Gasteiger partial charge in [-0.05, 0) is 41.9 Å². The van der Waals surface area contributed by atoms with Crippen LogP contribution in [0.4, 0.5) is 0 Å². The number of hydrogen-bond acceptors (Lipinski definition) is 3. The Balaban J connectivity index is 2.87. The van der Waals surface area contributed by atoms with Gasteiger partial charge in [0.2, 0.25) is 0 Å². The summed E-state index contributed by atoms with van der Waals surface area (Å²) in [6.45, 7) is 4.05. The van der Waals surface area contributed by atoms with Crippen molar-refractivity contribution in [2.24, 2.45) is 5.73 Å². The molecule has 1 aromatic rings. The number of amides is 1. The van der Waals surface area contributed by atoms with E-state index in [-0.39, 0.29) is 29.2 Å². The minimum atomic E-state index is -0.214. The van der Waals surface area contributed by atoms with Crippen molar-refractivity contribution in [3.8, 4) is 0 Å². The van der Waals surface area contributed by atoms with Gasteiger partial charge in [-0.15, -0.1) is 0 Å². The summed E-state index contributed by atoms with van der Waals surface area (Å²) in [7, 11) is 0. The summed E-state index contributed by atoms with van der Waals surface area (Å²) in [5, 5.41) is 0. The summed E-state index contributed by atoms with van der Waals surface area (Å²) in [6.07, 6.45) is 0. The van der Waals surface area contributed by atoms with E-state index in [0.29, 0.717) is 4.67 Å². The van der Waals surface area contributed by atoms with Gasteiger partial charge in [-0.1, -0.05) is 12.2 Å². The topological polar surface area (TPSA) is 59.5 Å². The average molecular weight is 305 g/mol. The molecule has 6 heteroatoms. The third kappa shape index (κ3) is 3.31. The lowest BCUT2D eigenvalue weighted by Gasteiger charge is -2.25. The summed E-state index contributed by atoms with van der Waals surface area (Å²) in [4.78, 5) is 13.9. The van der Waals surface area contributed by atoms with Crippen LogP contribution in [-0.4, -0.2) is 28.4 Å². The van der Waals surface area contributed by atoms with Crippen LogP contribution in [0.5, 0.6) is 0 Å². The molecule has 0 unspecified atom stereocenters. The van der Waals surface area contributed by atoms with Gasteiger partial charge in [0.05, 0.1) is 11.5 Å². The van der Waals surface area contributed by atoms with Gasteiger partial charge in [0.25, 0.3) is 5.91 Å².